The Morgan fingerprint density at radius 3 is 2.65 bits per heavy atom. The van der Waals surface area contributed by atoms with Gasteiger partial charge in [0, 0.05) is 29.1 Å². The average molecular weight is 655 g/mol. The first-order valence-corrected chi connectivity index (χ1v) is 15.4. The van der Waals surface area contributed by atoms with E-state index in [-0.39, 0.29) is 61.4 Å². The first-order valence-electron chi connectivity index (χ1n) is 14.5. The second kappa shape index (κ2) is 14.5. The zero-order valence-corrected chi connectivity index (χ0v) is 27.0. The van der Waals surface area contributed by atoms with E-state index in [1.54, 1.807) is 58.3 Å². The number of carbonyl (C=O) groups excluding carboxylic acids is 3. The highest BCUT2D eigenvalue weighted by molar-refractivity contribution is 7.13. The van der Waals surface area contributed by atoms with Gasteiger partial charge in [-0.25, -0.2) is 19.0 Å². The quantitative estimate of drug-likeness (QED) is 0.0760. The zero-order chi connectivity index (χ0) is 33.5. The molecule has 15 heteroatoms. The Morgan fingerprint density at radius 2 is 2.00 bits per heavy atom. The minimum Gasteiger partial charge on any atom is -0.490 e. The van der Waals surface area contributed by atoms with Crippen molar-refractivity contribution in [3.8, 4) is 17.2 Å². The lowest BCUT2D eigenvalue weighted by Gasteiger charge is -2.46. The number of nitrogens with one attached hydrogen (secondary N) is 1. The molecule has 0 unspecified atom stereocenters. The summed E-state index contributed by atoms with van der Waals surface area (Å²) in [6.45, 7) is 9.03. The van der Waals surface area contributed by atoms with Crippen LogP contribution in [0.2, 0.25) is 0 Å². The van der Waals surface area contributed by atoms with Crippen LogP contribution < -0.4 is 14.8 Å². The average Bonchev–Trinajstić information content (AvgIpc) is 3.48. The van der Waals surface area contributed by atoms with Gasteiger partial charge < -0.3 is 24.3 Å². The van der Waals surface area contributed by atoms with Gasteiger partial charge in [-0.15, -0.1) is 11.3 Å². The molecule has 0 saturated heterocycles. The molecule has 0 fully saturated rings. The van der Waals surface area contributed by atoms with Crippen LogP contribution in [-0.4, -0.2) is 59.8 Å². The molecular weight excluding hydrogens is 619 g/mol. The number of anilines is 1. The van der Waals surface area contributed by atoms with Crippen LogP contribution in [0.3, 0.4) is 0 Å². The molecule has 0 saturated carbocycles. The maximum atomic E-state index is 14.9. The lowest BCUT2D eigenvalue weighted by molar-refractivity contribution is -0.119. The lowest BCUT2D eigenvalue weighted by atomic mass is 9.79. The number of azide groups is 1. The van der Waals surface area contributed by atoms with Crippen molar-refractivity contribution in [3.63, 3.8) is 0 Å². The zero-order valence-electron chi connectivity index (χ0n) is 26.2. The van der Waals surface area contributed by atoms with Crippen molar-refractivity contribution in [1.29, 1.82) is 0 Å². The summed E-state index contributed by atoms with van der Waals surface area (Å²) in [6.07, 6.45) is 1.21. The Bertz CT molecular complexity index is 1640. The van der Waals surface area contributed by atoms with Crippen molar-refractivity contribution in [2.45, 2.75) is 58.6 Å². The van der Waals surface area contributed by atoms with E-state index in [2.05, 4.69) is 20.3 Å². The van der Waals surface area contributed by atoms with E-state index in [1.807, 2.05) is 0 Å². The fourth-order valence-electron chi connectivity index (χ4n) is 4.99. The van der Waals surface area contributed by atoms with Crippen LogP contribution in [0.1, 0.15) is 62.5 Å². The number of halogens is 1. The van der Waals surface area contributed by atoms with Crippen LogP contribution in [0, 0.1) is 5.82 Å². The molecule has 244 valence electrons. The van der Waals surface area contributed by atoms with E-state index >= 15 is 0 Å². The minimum atomic E-state index is -1.22. The maximum Gasteiger partial charge on any atom is 0.411 e. The number of ether oxygens (including phenoxy) is 4. The fraction of sp³-hybridized carbons (Fsp3) is 0.419. The molecule has 0 bridgehead atoms. The number of fused-ring (bicyclic) bond motifs is 1. The Morgan fingerprint density at radius 1 is 1.22 bits per heavy atom. The third-order valence-corrected chi connectivity index (χ3v) is 7.61. The van der Waals surface area contributed by atoms with Gasteiger partial charge in [-0.3, -0.25) is 9.69 Å². The summed E-state index contributed by atoms with van der Waals surface area (Å²) in [5, 5.41) is 8.43. The second-order valence-corrected chi connectivity index (χ2v) is 12.3. The molecule has 2 amide bonds. The van der Waals surface area contributed by atoms with Gasteiger partial charge in [-0.1, -0.05) is 5.11 Å². The standard InChI is InChI=1S/C31H35FN6O7S/c1-6-42-27(40)21-8-7-20(16-23(21)32)44-25-17-22-19(15-24(25)43-13-10-35-37-33)9-12-38(29(41)45-30(2,3)4)31(22,5)18-26(39)36-28-34-11-14-46-28/h7-8,11,14-17H,6,9-10,12-13,18H2,1-5H3,(H,34,36,39)/t31-/m1/s1. The number of amides is 2. The molecule has 1 aliphatic rings. The topological polar surface area (TPSA) is 165 Å². The molecule has 13 nitrogen and oxygen atoms in total. The fourth-order valence-corrected chi connectivity index (χ4v) is 5.54. The summed E-state index contributed by atoms with van der Waals surface area (Å²) >= 11 is 1.26. The largest absolute Gasteiger partial charge is 0.490 e. The highest BCUT2D eigenvalue weighted by Gasteiger charge is 2.45. The molecule has 1 N–H and O–H groups in total. The van der Waals surface area contributed by atoms with Gasteiger partial charge >= 0.3 is 12.1 Å². The number of aromatic nitrogens is 1. The molecule has 2 aromatic carbocycles. The van der Waals surface area contributed by atoms with Gasteiger partial charge in [0.15, 0.2) is 16.6 Å². The summed E-state index contributed by atoms with van der Waals surface area (Å²) in [7, 11) is 0. The van der Waals surface area contributed by atoms with E-state index < -0.39 is 29.0 Å². The summed E-state index contributed by atoms with van der Waals surface area (Å²) in [6, 6.07) is 7.08. The van der Waals surface area contributed by atoms with Crippen LogP contribution in [0.4, 0.5) is 14.3 Å². The van der Waals surface area contributed by atoms with Gasteiger partial charge in [-0.2, -0.15) is 0 Å². The molecule has 1 aliphatic heterocycles. The van der Waals surface area contributed by atoms with Crippen molar-refractivity contribution in [3.05, 3.63) is 74.9 Å². The van der Waals surface area contributed by atoms with Crippen molar-refractivity contribution in [1.82, 2.24) is 9.88 Å². The summed E-state index contributed by atoms with van der Waals surface area (Å²) in [5.41, 5.74) is 7.77. The first kappa shape index (κ1) is 34.0. The van der Waals surface area contributed by atoms with Crippen LogP contribution in [0.5, 0.6) is 17.2 Å². The number of rotatable bonds is 11. The van der Waals surface area contributed by atoms with E-state index in [4.69, 9.17) is 24.5 Å². The summed E-state index contributed by atoms with van der Waals surface area (Å²) in [4.78, 5) is 47.4. The molecule has 0 spiro atoms. The van der Waals surface area contributed by atoms with E-state index in [1.165, 1.54) is 28.4 Å². The molecule has 3 aromatic rings. The minimum absolute atomic E-state index is 0.0207. The second-order valence-electron chi connectivity index (χ2n) is 11.4. The van der Waals surface area contributed by atoms with Crippen LogP contribution in [0.25, 0.3) is 10.4 Å². The summed E-state index contributed by atoms with van der Waals surface area (Å²) < 4.78 is 37.6. The number of hydrogen-bond acceptors (Lipinski definition) is 10. The molecule has 4 rings (SSSR count). The highest BCUT2D eigenvalue weighted by atomic mass is 32.1. The van der Waals surface area contributed by atoms with Crippen LogP contribution in [0.15, 0.2) is 47.0 Å². The van der Waals surface area contributed by atoms with Crippen molar-refractivity contribution >= 4 is 34.4 Å². The molecule has 1 atom stereocenters. The van der Waals surface area contributed by atoms with E-state index in [0.717, 1.165) is 11.6 Å². The SMILES string of the molecule is CCOC(=O)c1ccc(Oc2cc3c(cc2OCCN=[N+]=[N-])CCN(C(=O)OC(C)(C)C)[C@]3(C)CC(=O)Nc2nccs2)cc1F. The number of nitrogens with zero attached hydrogens (tertiary/aromatic N) is 5. The number of carbonyl (C=O) groups is 3. The molecule has 46 heavy (non-hydrogen) atoms. The molecule has 2 heterocycles. The Labute approximate surface area is 269 Å². The molecular formula is C31H35FN6O7S. The smallest absolute Gasteiger partial charge is 0.411 e. The van der Waals surface area contributed by atoms with Crippen molar-refractivity contribution in [2.75, 3.05) is 31.6 Å². The van der Waals surface area contributed by atoms with Crippen molar-refractivity contribution in [2.24, 2.45) is 5.11 Å². The number of thiazole rings is 1. The lowest BCUT2D eigenvalue weighted by Crippen LogP contribution is -2.54. The van der Waals surface area contributed by atoms with Gasteiger partial charge in [0.25, 0.3) is 0 Å². The molecule has 1 aromatic heterocycles. The van der Waals surface area contributed by atoms with Crippen molar-refractivity contribution < 1.29 is 37.7 Å². The van der Waals surface area contributed by atoms with Gasteiger partial charge in [0.05, 0.1) is 37.3 Å². The van der Waals surface area contributed by atoms with E-state index in [9.17, 15) is 18.8 Å². The normalized spacial score (nSPS) is 15.7. The first-order chi connectivity index (χ1) is 21.8. The number of esters is 1. The van der Waals surface area contributed by atoms with Gasteiger partial charge in [0.1, 0.15) is 17.2 Å². The van der Waals surface area contributed by atoms with E-state index in [0.29, 0.717) is 17.1 Å². The maximum absolute atomic E-state index is 14.9. The Kier molecular flexibility index (Phi) is 10.7. The van der Waals surface area contributed by atoms with Gasteiger partial charge in [0.2, 0.25) is 5.91 Å². The molecule has 0 radical (unpaired) electrons. The van der Waals surface area contributed by atoms with Crippen LogP contribution >= 0.6 is 11.3 Å². The predicted molar refractivity (Wildman–Crippen MR) is 168 cm³/mol. The summed E-state index contributed by atoms with van der Waals surface area (Å²) in [5.74, 6) is -1.58. The third kappa shape index (κ3) is 8.23. The Hall–Kier alpha value is -4.88. The van der Waals surface area contributed by atoms with Gasteiger partial charge in [-0.05, 0) is 82.0 Å². The van der Waals surface area contributed by atoms with Crippen LogP contribution in [-0.2, 0) is 26.2 Å². The number of hydrogen-bond donors (Lipinski definition) is 1. The third-order valence-electron chi connectivity index (χ3n) is 6.92. The monoisotopic (exact) mass is 654 g/mol. The Balaban J connectivity index is 1.78. The molecule has 0 aliphatic carbocycles. The predicted octanol–water partition coefficient (Wildman–Crippen LogP) is 6.98. The number of benzene rings is 2. The highest BCUT2D eigenvalue weighted by Crippen LogP contribution is 2.45.